The van der Waals surface area contributed by atoms with Gasteiger partial charge in [-0.05, 0) is 29.5 Å². The van der Waals surface area contributed by atoms with Crippen LogP contribution in [0.4, 0.5) is 0 Å². The molecule has 0 aliphatic carbocycles. The summed E-state index contributed by atoms with van der Waals surface area (Å²) in [6.45, 7) is 3.58. The molecule has 0 fully saturated rings. The van der Waals surface area contributed by atoms with E-state index in [1.807, 2.05) is 11.4 Å². The van der Waals surface area contributed by atoms with Gasteiger partial charge >= 0.3 is 5.97 Å². The Bertz CT molecular complexity index is 368. The zero-order valence-corrected chi connectivity index (χ0v) is 10.8. The van der Waals surface area contributed by atoms with Crippen LogP contribution < -0.4 is 0 Å². The fraction of sp³-hybridized carbons (Fsp3) is 0.462. The topological polar surface area (TPSA) is 46.5 Å². The fourth-order valence-corrected chi connectivity index (χ4v) is 2.14. The van der Waals surface area contributed by atoms with Gasteiger partial charge in [0.25, 0.3) is 0 Å². The van der Waals surface area contributed by atoms with Crippen LogP contribution in [0.15, 0.2) is 17.5 Å². The Morgan fingerprint density at radius 1 is 1.53 bits per heavy atom. The molecule has 0 saturated heterocycles. The summed E-state index contributed by atoms with van der Waals surface area (Å²) in [5.74, 6) is -0.923. The maximum absolute atomic E-state index is 10.3. The number of rotatable bonds is 8. The van der Waals surface area contributed by atoms with Crippen LogP contribution in [-0.4, -0.2) is 17.7 Å². The quantitative estimate of drug-likeness (QED) is 0.570. The standard InChI is InChI=1S/C13H18O3S/c1-2-3-4-7-16-9-12-8-11(10-17-12)5-6-13(14)15/h5-6,8,10H,2-4,7,9H2,1H3,(H,14,15). The summed E-state index contributed by atoms with van der Waals surface area (Å²) in [5, 5.41) is 10.4. The van der Waals surface area contributed by atoms with E-state index in [1.165, 1.54) is 12.8 Å². The minimum Gasteiger partial charge on any atom is -0.478 e. The van der Waals surface area contributed by atoms with Crippen LogP contribution in [-0.2, 0) is 16.1 Å². The van der Waals surface area contributed by atoms with Gasteiger partial charge in [0.15, 0.2) is 0 Å². The molecular formula is C13H18O3S. The van der Waals surface area contributed by atoms with E-state index in [9.17, 15) is 4.79 Å². The summed E-state index contributed by atoms with van der Waals surface area (Å²) in [7, 11) is 0. The van der Waals surface area contributed by atoms with E-state index < -0.39 is 5.97 Å². The van der Waals surface area contributed by atoms with Gasteiger partial charge < -0.3 is 9.84 Å². The third kappa shape index (κ3) is 6.24. The molecule has 1 N–H and O–H groups in total. The van der Waals surface area contributed by atoms with Crippen molar-refractivity contribution in [3.8, 4) is 0 Å². The van der Waals surface area contributed by atoms with Crippen molar-refractivity contribution in [3.05, 3.63) is 28.0 Å². The van der Waals surface area contributed by atoms with Gasteiger partial charge in [-0.3, -0.25) is 0 Å². The van der Waals surface area contributed by atoms with Crippen LogP contribution in [0.2, 0.25) is 0 Å². The fourth-order valence-electron chi connectivity index (χ4n) is 1.36. The van der Waals surface area contributed by atoms with Crippen molar-refractivity contribution in [1.29, 1.82) is 0 Å². The average Bonchev–Trinajstić information content (AvgIpc) is 2.74. The molecule has 4 heteroatoms. The van der Waals surface area contributed by atoms with Crippen molar-refractivity contribution in [2.45, 2.75) is 32.8 Å². The average molecular weight is 254 g/mol. The summed E-state index contributed by atoms with van der Waals surface area (Å²) >= 11 is 1.60. The second-order valence-corrected chi connectivity index (χ2v) is 4.77. The van der Waals surface area contributed by atoms with Crippen molar-refractivity contribution in [1.82, 2.24) is 0 Å². The Kier molecular flexibility index (Phi) is 6.58. The summed E-state index contributed by atoms with van der Waals surface area (Å²) < 4.78 is 5.53. The molecule has 0 aliphatic heterocycles. The number of unbranched alkanes of at least 4 members (excludes halogenated alkanes) is 2. The van der Waals surface area contributed by atoms with Gasteiger partial charge in [-0.15, -0.1) is 11.3 Å². The number of hydrogen-bond acceptors (Lipinski definition) is 3. The number of thiophene rings is 1. The van der Waals surface area contributed by atoms with Crippen molar-refractivity contribution < 1.29 is 14.6 Å². The molecule has 0 spiro atoms. The Labute approximate surface area is 106 Å². The first kappa shape index (κ1) is 13.9. The van der Waals surface area contributed by atoms with Crippen LogP contribution in [0.25, 0.3) is 6.08 Å². The lowest BCUT2D eigenvalue weighted by Crippen LogP contribution is -1.93. The second-order valence-electron chi connectivity index (χ2n) is 3.78. The highest BCUT2D eigenvalue weighted by molar-refractivity contribution is 7.10. The number of carboxylic acids is 1. The molecule has 1 rings (SSSR count). The molecule has 1 heterocycles. The van der Waals surface area contributed by atoms with Gasteiger partial charge in [-0.2, -0.15) is 0 Å². The van der Waals surface area contributed by atoms with Gasteiger partial charge in [0.2, 0.25) is 0 Å². The van der Waals surface area contributed by atoms with Crippen LogP contribution in [0.1, 0.15) is 36.6 Å². The van der Waals surface area contributed by atoms with E-state index in [4.69, 9.17) is 9.84 Å². The minimum atomic E-state index is -0.923. The number of carboxylic acid groups (broad SMARTS) is 1. The number of hydrogen-bond donors (Lipinski definition) is 1. The Balaban J connectivity index is 2.28. The van der Waals surface area contributed by atoms with Gasteiger partial charge in [0, 0.05) is 17.6 Å². The molecular weight excluding hydrogens is 236 g/mol. The monoisotopic (exact) mass is 254 g/mol. The molecule has 17 heavy (non-hydrogen) atoms. The van der Waals surface area contributed by atoms with E-state index >= 15 is 0 Å². The molecule has 0 aromatic carbocycles. The second kappa shape index (κ2) is 8.03. The third-order valence-corrected chi connectivity index (χ3v) is 3.16. The number of carbonyl (C=O) groups is 1. The number of ether oxygens (including phenoxy) is 1. The highest BCUT2D eigenvalue weighted by atomic mass is 32.1. The molecule has 0 radical (unpaired) electrons. The smallest absolute Gasteiger partial charge is 0.328 e. The lowest BCUT2D eigenvalue weighted by Gasteiger charge is -2.00. The van der Waals surface area contributed by atoms with E-state index in [1.54, 1.807) is 17.4 Å². The predicted octanol–water partition coefficient (Wildman–Crippen LogP) is 3.55. The molecule has 1 aromatic rings. The lowest BCUT2D eigenvalue weighted by molar-refractivity contribution is -0.131. The molecule has 3 nitrogen and oxygen atoms in total. The molecule has 0 unspecified atom stereocenters. The zero-order chi connectivity index (χ0) is 12.5. The molecule has 0 amide bonds. The third-order valence-electron chi connectivity index (χ3n) is 2.23. The molecule has 0 bridgehead atoms. The van der Waals surface area contributed by atoms with E-state index in [0.717, 1.165) is 29.5 Å². The largest absolute Gasteiger partial charge is 0.478 e. The van der Waals surface area contributed by atoms with Crippen molar-refractivity contribution in [2.24, 2.45) is 0 Å². The summed E-state index contributed by atoms with van der Waals surface area (Å²) in [6.07, 6.45) is 6.25. The summed E-state index contributed by atoms with van der Waals surface area (Å²) in [5.41, 5.74) is 0.921. The zero-order valence-electron chi connectivity index (χ0n) is 10.0. The van der Waals surface area contributed by atoms with Crippen molar-refractivity contribution in [3.63, 3.8) is 0 Å². The molecule has 1 aromatic heterocycles. The first-order chi connectivity index (χ1) is 8.22. The van der Waals surface area contributed by atoms with Gasteiger partial charge in [0.1, 0.15) is 0 Å². The number of aliphatic carboxylic acids is 1. The molecule has 0 aliphatic rings. The van der Waals surface area contributed by atoms with Crippen molar-refractivity contribution in [2.75, 3.05) is 6.61 Å². The van der Waals surface area contributed by atoms with Crippen molar-refractivity contribution >= 4 is 23.4 Å². The SMILES string of the molecule is CCCCCOCc1cc(C=CC(=O)O)cs1. The van der Waals surface area contributed by atoms with Crippen LogP contribution in [0.3, 0.4) is 0 Å². The van der Waals surface area contributed by atoms with E-state index in [-0.39, 0.29) is 0 Å². The summed E-state index contributed by atoms with van der Waals surface area (Å²) in [4.78, 5) is 11.5. The highest BCUT2D eigenvalue weighted by Crippen LogP contribution is 2.17. The molecule has 0 saturated carbocycles. The maximum atomic E-state index is 10.3. The van der Waals surface area contributed by atoms with Gasteiger partial charge in [-0.1, -0.05) is 19.8 Å². The minimum absolute atomic E-state index is 0.620. The molecule has 94 valence electrons. The van der Waals surface area contributed by atoms with Crippen LogP contribution in [0.5, 0.6) is 0 Å². The Hall–Kier alpha value is -1.13. The Morgan fingerprint density at radius 2 is 2.35 bits per heavy atom. The highest BCUT2D eigenvalue weighted by Gasteiger charge is 1.98. The first-order valence-electron chi connectivity index (χ1n) is 5.78. The Morgan fingerprint density at radius 3 is 3.06 bits per heavy atom. The lowest BCUT2D eigenvalue weighted by atomic mass is 10.3. The first-order valence-corrected chi connectivity index (χ1v) is 6.66. The summed E-state index contributed by atoms with van der Waals surface area (Å²) in [6, 6.07) is 1.96. The predicted molar refractivity (Wildman–Crippen MR) is 70.2 cm³/mol. The van der Waals surface area contributed by atoms with Gasteiger partial charge in [-0.25, -0.2) is 4.79 Å². The van der Waals surface area contributed by atoms with Crippen LogP contribution in [0, 0.1) is 0 Å². The van der Waals surface area contributed by atoms with E-state index in [0.29, 0.717) is 6.61 Å². The maximum Gasteiger partial charge on any atom is 0.328 e. The molecule has 0 atom stereocenters. The normalized spacial score (nSPS) is 11.1. The van der Waals surface area contributed by atoms with Gasteiger partial charge in [0.05, 0.1) is 6.61 Å². The van der Waals surface area contributed by atoms with E-state index in [2.05, 4.69) is 6.92 Å². The van der Waals surface area contributed by atoms with Crippen LogP contribution >= 0.6 is 11.3 Å².